The maximum Gasteiger partial charge on any atom is 0.0519 e. The average molecular weight is 175 g/mol. The second-order valence-electron chi connectivity index (χ2n) is 1.67. The molecule has 0 aliphatic rings. The Balaban J connectivity index is 2.92. The number of aromatic amines is 1. The fourth-order valence-corrected chi connectivity index (χ4v) is 1.08. The number of hydrogen-bond acceptors (Lipinski definition) is 1. The molecule has 1 aromatic heterocycles. The Morgan fingerprint density at radius 1 is 1.88 bits per heavy atom. The lowest BCUT2D eigenvalue weighted by Gasteiger charge is -1.85. The Bertz CT molecular complexity index is 171. The largest absolute Gasteiger partial charge is 0.281 e. The van der Waals surface area contributed by atoms with E-state index in [1.54, 1.807) is 0 Å². The van der Waals surface area contributed by atoms with Gasteiger partial charge in [-0.15, -0.1) is 0 Å². The van der Waals surface area contributed by atoms with Crippen LogP contribution in [0.25, 0.3) is 0 Å². The molecule has 1 rings (SSSR count). The first-order valence-electron chi connectivity index (χ1n) is 2.39. The van der Waals surface area contributed by atoms with E-state index in [0.717, 1.165) is 11.0 Å². The van der Waals surface area contributed by atoms with E-state index in [1.165, 1.54) is 5.56 Å². The van der Waals surface area contributed by atoms with Crippen molar-refractivity contribution in [2.24, 2.45) is 0 Å². The van der Waals surface area contributed by atoms with Crippen LogP contribution in [0.4, 0.5) is 0 Å². The van der Waals surface area contributed by atoms with Gasteiger partial charge in [-0.2, -0.15) is 5.10 Å². The third-order valence-corrected chi connectivity index (χ3v) is 1.63. The maximum atomic E-state index is 3.84. The number of H-pyrrole nitrogens is 1. The van der Waals surface area contributed by atoms with Gasteiger partial charge in [0.2, 0.25) is 0 Å². The van der Waals surface area contributed by atoms with E-state index in [-0.39, 0.29) is 0 Å². The summed E-state index contributed by atoms with van der Waals surface area (Å²) in [4.78, 5) is 0. The first-order valence-corrected chi connectivity index (χ1v) is 3.51. The second kappa shape index (κ2) is 2.31. The Labute approximate surface area is 56.4 Å². The predicted octanol–water partition coefficient (Wildman–Crippen LogP) is 1.61. The quantitative estimate of drug-likeness (QED) is 0.645. The zero-order chi connectivity index (χ0) is 5.98. The zero-order valence-electron chi connectivity index (χ0n) is 4.61. The van der Waals surface area contributed by atoms with Crippen LogP contribution in [0.2, 0.25) is 0 Å². The third kappa shape index (κ3) is 0.916. The van der Waals surface area contributed by atoms with E-state index < -0.39 is 0 Å². The van der Waals surface area contributed by atoms with Crippen LogP contribution >= 0.6 is 15.9 Å². The van der Waals surface area contributed by atoms with Gasteiger partial charge in [-0.25, -0.2) is 0 Å². The molecule has 0 saturated carbocycles. The van der Waals surface area contributed by atoms with Crippen LogP contribution in [0.5, 0.6) is 0 Å². The Hall–Kier alpha value is -0.310. The average Bonchev–Trinajstić information content (AvgIpc) is 2.14. The summed E-state index contributed by atoms with van der Waals surface area (Å²) >= 11 is 3.32. The normalized spacial score (nSPS) is 9.75. The van der Waals surface area contributed by atoms with E-state index in [9.17, 15) is 0 Å². The van der Waals surface area contributed by atoms with Crippen LogP contribution in [0.1, 0.15) is 11.3 Å². The lowest BCUT2D eigenvalue weighted by Crippen LogP contribution is -1.78. The number of nitrogens with zero attached hydrogens (tertiary/aromatic N) is 1. The highest BCUT2D eigenvalue weighted by Gasteiger charge is 1.93. The summed E-state index contributed by atoms with van der Waals surface area (Å²) in [6, 6.07) is 0. The van der Waals surface area contributed by atoms with Gasteiger partial charge in [-0.1, -0.05) is 15.9 Å². The van der Waals surface area contributed by atoms with Crippen LogP contribution in [-0.2, 0) is 5.33 Å². The van der Waals surface area contributed by atoms with Gasteiger partial charge in [0.15, 0.2) is 0 Å². The molecule has 0 unspecified atom stereocenters. The fourth-order valence-electron chi connectivity index (χ4n) is 0.508. The lowest BCUT2D eigenvalue weighted by molar-refractivity contribution is 1.04. The molecular formula is C5H7BrN2. The first kappa shape index (κ1) is 5.82. The number of hydrogen-bond donors (Lipinski definition) is 1. The van der Waals surface area contributed by atoms with Crippen LogP contribution in [0, 0.1) is 6.92 Å². The van der Waals surface area contributed by atoms with Gasteiger partial charge in [0.05, 0.1) is 6.20 Å². The Kier molecular flexibility index (Phi) is 1.68. The molecule has 1 heterocycles. The van der Waals surface area contributed by atoms with Crippen LogP contribution in [0.3, 0.4) is 0 Å². The Morgan fingerprint density at radius 2 is 2.62 bits per heavy atom. The van der Waals surface area contributed by atoms with Crippen molar-refractivity contribution < 1.29 is 0 Å². The fraction of sp³-hybridized carbons (Fsp3) is 0.400. The monoisotopic (exact) mass is 174 g/mol. The van der Waals surface area contributed by atoms with E-state index in [0.29, 0.717) is 0 Å². The van der Waals surface area contributed by atoms with Crippen LogP contribution in [0.15, 0.2) is 6.20 Å². The van der Waals surface area contributed by atoms with Crippen molar-refractivity contribution in [1.82, 2.24) is 10.2 Å². The van der Waals surface area contributed by atoms with Crippen molar-refractivity contribution in [2.75, 3.05) is 0 Å². The highest BCUT2D eigenvalue weighted by molar-refractivity contribution is 9.08. The number of nitrogens with one attached hydrogen (secondary N) is 1. The zero-order valence-corrected chi connectivity index (χ0v) is 6.20. The Morgan fingerprint density at radius 3 is 2.88 bits per heavy atom. The van der Waals surface area contributed by atoms with E-state index >= 15 is 0 Å². The summed E-state index contributed by atoms with van der Waals surface area (Å²) in [6.45, 7) is 2.03. The van der Waals surface area contributed by atoms with E-state index in [4.69, 9.17) is 0 Å². The molecule has 0 aromatic carbocycles. The van der Waals surface area contributed by atoms with Gasteiger partial charge in [0.25, 0.3) is 0 Å². The molecule has 0 aliphatic heterocycles. The van der Waals surface area contributed by atoms with Gasteiger partial charge in [0.1, 0.15) is 0 Å². The summed E-state index contributed by atoms with van der Waals surface area (Å²) in [7, 11) is 0. The van der Waals surface area contributed by atoms with Gasteiger partial charge < -0.3 is 0 Å². The molecule has 1 N–H and O–H groups in total. The molecule has 2 nitrogen and oxygen atoms in total. The molecule has 1 aromatic rings. The van der Waals surface area contributed by atoms with Crippen molar-refractivity contribution in [1.29, 1.82) is 0 Å². The molecule has 0 spiro atoms. The summed E-state index contributed by atoms with van der Waals surface area (Å²) in [6.07, 6.45) is 1.82. The van der Waals surface area contributed by atoms with Gasteiger partial charge in [0, 0.05) is 11.0 Å². The minimum absolute atomic E-state index is 0.860. The summed E-state index contributed by atoms with van der Waals surface area (Å²) in [5.74, 6) is 0. The summed E-state index contributed by atoms with van der Waals surface area (Å²) < 4.78 is 0. The molecule has 0 atom stereocenters. The van der Waals surface area contributed by atoms with Gasteiger partial charge in [-0.05, 0) is 12.5 Å². The number of rotatable bonds is 1. The number of alkyl halides is 1. The molecule has 44 valence electrons. The predicted molar refractivity (Wildman–Crippen MR) is 36.0 cm³/mol. The standard InChI is InChI=1S/C5H7BrN2/c1-4-3-7-8-5(4)2-6/h3H,2H2,1H3,(H,7,8). The van der Waals surface area contributed by atoms with Crippen molar-refractivity contribution in [3.05, 3.63) is 17.5 Å². The van der Waals surface area contributed by atoms with Crippen molar-refractivity contribution in [2.45, 2.75) is 12.3 Å². The maximum absolute atomic E-state index is 3.84. The highest BCUT2D eigenvalue weighted by Crippen LogP contribution is 2.05. The number of halogens is 1. The summed E-state index contributed by atoms with van der Waals surface area (Å²) in [5.41, 5.74) is 2.37. The van der Waals surface area contributed by atoms with Crippen molar-refractivity contribution >= 4 is 15.9 Å². The molecule has 0 aliphatic carbocycles. The molecule has 8 heavy (non-hydrogen) atoms. The third-order valence-electron chi connectivity index (χ3n) is 1.07. The lowest BCUT2D eigenvalue weighted by atomic mass is 10.3. The number of aromatic nitrogens is 2. The molecule has 3 heteroatoms. The van der Waals surface area contributed by atoms with Crippen molar-refractivity contribution in [3.8, 4) is 0 Å². The number of aryl methyl sites for hydroxylation is 1. The van der Waals surface area contributed by atoms with E-state index in [1.807, 2.05) is 13.1 Å². The summed E-state index contributed by atoms with van der Waals surface area (Å²) in [5, 5.41) is 7.56. The molecular weight excluding hydrogens is 168 g/mol. The molecule has 0 amide bonds. The second-order valence-corrected chi connectivity index (χ2v) is 2.23. The van der Waals surface area contributed by atoms with E-state index in [2.05, 4.69) is 26.1 Å². The molecule has 0 saturated heterocycles. The molecule has 0 fully saturated rings. The minimum atomic E-state index is 0.860. The smallest absolute Gasteiger partial charge is 0.0519 e. The van der Waals surface area contributed by atoms with Crippen LogP contribution < -0.4 is 0 Å². The molecule has 0 bridgehead atoms. The SMILES string of the molecule is Cc1cn[nH]c1CBr. The highest BCUT2D eigenvalue weighted by atomic mass is 79.9. The molecule has 0 radical (unpaired) electrons. The van der Waals surface area contributed by atoms with Gasteiger partial charge >= 0.3 is 0 Å². The topological polar surface area (TPSA) is 28.7 Å². The van der Waals surface area contributed by atoms with Crippen molar-refractivity contribution in [3.63, 3.8) is 0 Å². The minimum Gasteiger partial charge on any atom is -0.281 e. The van der Waals surface area contributed by atoms with Gasteiger partial charge in [-0.3, -0.25) is 5.10 Å². The first-order chi connectivity index (χ1) is 3.84. The van der Waals surface area contributed by atoms with Crippen LogP contribution in [-0.4, -0.2) is 10.2 Å².